The van der Waals surface area contributed by atoms with Crippen molar-refractivity contribution >= 4 is 35.8 Å². The summed E-state index contributed by atoms with van der Waals surface area (Å²) in [5, 5.41) is 6.27. The van der Waals surface area contributed by atoms with Crippen LogP contribution in [0.4, 0.5) is 0 Å². The first-order chi connectivity index (χ1) is 12.6. The molecule has 1 unspecified atom stereocenters. The lowest BCUT2D eigenvalue weighted by Crippen LogP contribution is -2.47. The Kier molecular flexibility index (Phi) is 12.3. The van der Waals surface area contributed by atoms with Gasteiger partial charge in [-0.2, -0.15) is 0 Å². The Hall–Kier alpha value is -0.610. The predicted molar refractivity (Wildman–Crippen MR) is 119 cm³/mol. The van der Waals surface area contributed by atoms with Gasteiger partial charge in [0, 0.05) is 38.7 Å². The van der Waals surface area contributed by atoms with E-state index in [4.69, 9.17) is 9.47 Å². The van der Waals surface area contributed by atoms with E-state index in [2.05, 4.69) is 27.4 Å². The molecular formula is C19H37IN4O3. The number of amides is 1. The monoisotopic (exact) mass is 496 g/mol. The van der Waals surface area contributed by atoms with E-state index in [0.717, 1.165) is 64.5 Å². The second kappa shape index (κ2) is 13.5. The van der Waals surface area contributed by atoms with Crippen LogP contribution in [0.5, 0.6) is 0 Å². The van der Waals surface area contributed by atoms with Crippen LogP contribution in [0.15, 0.2) is 4.99 Å². The summed E-state index contributed by atoms with van der Waals surface area (Å²) in [5.41, 5.74) is 0. The Bertz CT molecular complexity index is 448. The van der Waals surface area contributed by atoms with Gasteiger partial charge in [0.15, 0.2) is 5.96 Å². The van der Waals surface area contributed by atoms with E-state index in [1.54, 1.807) is 0 Å². The van der Waals surface area contributed by atoms with Crippen LogP contribution in [0.3, 0.4) is 0 Å². The number of halogens is 1. The number of guanidine groups is 1. The van der Waals surface area contributed by atoms with Crippen molar-refractivity contribution in [3.8, 4) is 0 Å². The summed E-state index contributed by atoms with van der Waals surface area (Å²) >= 11 is 0. The van der Waals surface area contributed by atoms with Gasteiger partial charge in [-0.05, 0) is 32.6 Å². The highest BCUT2D eigenvalue weighted by Crippen LogP contribution is 2.17. The minimum atomic E-state index is 0. The predicted octanol–water partition coefficient (Wildman–Crippen LogP) is 2.00. The summed E-state index contributed by atoms with van der Waals surface area (Å²) in [7, 11) is 0. The maximum atomic E-state index is 11.6. The zero-order valence-corrected chi connectivity index (χ0v) is 19.4. The number of nitrogens with one attached hydrogen (secondary N) is 2. The van der Waals surface area contributed by atoms with E-state index in [0.29, 0.717) is 25.3 Å². The van der Waals surface area contributed by atoms with Crippen molar-refractivity contribution in [1.29, 1.82) is 0 Å². The minimum Gasteiger partial charge on any atom is -0.376 e. The fraction of sp³-hybridized carbons (Fsp3) is 0.895. The number of hydrogen-bond donors (Lipinski definition) is 2. The summed E-state index contributed by atoms with van der Waals surface area (Å²) in [5.74, 6) is 1.03. The molecule has 0 aromatic carbocycles. The zero-order chi connectivity index (χ0) is 18.8. The highest BCUT2D eigenvalue weighted by molar-refractivity contribution is 14.0. The minimum absolute atomic E-state index is 0. The fourth-order valence-electron chi connectivity index (χ4n) is 3.22. The van der Waals surface area contributed by atoms with Crippen LogP contribution in [0.1, 0.15) is 46.5 Å². The van der Waals surface area contributed by atoms with Crippen molar-refractivity contribution in [2.75, 3.05) is 45.9 Å². The van der Waals surface area contributed by atoms with Gasteiger partial charge in [0.25, 0.3) is 0 Å². The molecule has 1 amide bonds. The maximum Gasteiger partial charge on any atom is 0.222 e. The molecule has 0 spiro atoms. The van der Waals surface area contributed by atoms with Crippen molar-refractivity contribution in [1.82, 2.24) is 15.5 Å². The molecule has 0 aromatic heterocycles. The number of rotatable bonds is 8. The lowest BCUT2D eigenvalue weighted by molar-refractivity contribution is -0.123. The van der Waals surface area contributed by atoms with Crippen LogP contribution in [0.25, 0.3) is 0 Å². The van der Waals surface area contributed by atoms with Gasteiger partial charge in [-0.25, -0.2) is 0 Å². The van der Waals surface area contributed by atoms with Gasteiger partial charge < -0.3 is 25.0 Å². The van der Waals surface area contributed by atoms with Gasteiger partial charge in [0.2, 0.25) is 5.91 Å². The van der Waals surface area contributed by atoms with Gasteiger partial charge in [-0.15, -0.1) is 24.0 Å². The molecule has 2 saturated heterocycles. The van der Waals surface area contributed by atoms with Gasteiger partial charge in [-0.1, -0.05) is 13.8 Å². The number of carbonyl (C=O) groups is 1. The fourth-order valence-corrected chi connectivity index (χ4v) is 3.22. The lowest BCUT2D eigenvalue weighted by Gasteiger charge is -2.34. The van der Waals surface area contributed by atoms with Gasteiger partial charge >= 0.3 is 0 Å². The smallest absolute Gasteiger partial charge is 0.222 e. The van der Waals surface area contributed by atoms with Gasteiger partial charge in [-0.3, -0.25) is 9.79 Å². The van der Waals surface area contributed by atoms with Crippen LogP contribution < -0.4 is 10.6 Å². The zero-order valence-electron chi connectivity index (χ0n) is 17.0. The summed E-state index contributed by atoms with van der Waals surface area (Å²) in [4.78, 5) is 18.5. The molecule has 2 N–H and O–H groups in total. The first kappa shape index (κ1) is 24.4. The Morgan fingerprint density at radius 3 is 2.59 bits per heavy atom. The largest absolute Gasteiger partial charge is 0.376 e. The number of likely N-dealkylation sites (tertiary alicyclic amines) is 1. The summed E-state index contributed by atoms with van der Waals surface area (Å²) in [6, 6.07) is 0. The molecule has 2 fully saturated rings. The molecule has 2 aliphatic heterocycles. The van der Waals surface area contributed by atoms with E-state index < -0.39 is 0 Å². The van der Waals surface area contributed by atoms with Crippen LogP contribution in [0.2, 0.25) is 0 Å². The number of nitrogens with zero attached hydrogens (tertiary/aromatic N) is 2. The molecular weight excluding hydrogens is 459 g/mol. The second-order valence-electron chi connectivity index (χ2n) is 7.34. The van der Waals surface area contributed by atoms with Crippen LogP contribution in [0, 0.1) is 5.92 Å². The van der Waals surface area contributed by atoms with Gasteiger partial charge in [0.05, 0.1) is 25.4 Å². The molecule has 0 aromatic rings. The normalized spacial score (nSPS) is 21.3. The molecule has 27 heavy (non-hydrogen) atoms. The third-order valence-corrected chi connectivity index (χ3v) is 4.82. The second-order valence-corrected chi connectivity index (χ2v) is 7.34. The first-order valence-electron chi connectivity index (χ1n) is 10.1. The van der Waals surface area contributed by atoms with Crippen molar-refractivity contribution in [2.24, 2.45) is 10.9 Å². The third kappa shape index (κ3) is 8.95. The lowest BCUT2D eigenvalue weighted by atomic mass is 10.1. The highest BCUT2D eigenvalue weighted by atomic mass is 127. The van der Waals surface area contributed by atoms with Crippen molar-refractivity contribution in [2.45, 2.75) is 58.7 Å². The van der Waals surface area contributed by atoms with Crippen molar-refractivity contribution in [3.05, 3.63) is 0 Å². The van der Waals surface area contributed by atoms with E-state index >= 15 is 0 Å². The van der Waals surface area contributed by atoms with Crippen molar-refractivity contribution in [3.63, 3.8) is 0 Å². The van der Waals surface area contributed by atoms with E-state index in [9.17, 15) is 4.79 Å². The molecule has 0 radical (unpaired) electrons. The van der Waals surface area contributed by atoms with Crippen LogP contribution >= 0.6 is 24.0 Å². The highest BCUT2D eigenvalue weighted by Gasteiger charge is 2.24. The molecule has 2 aliphatic rings. The number of piperidine rings is 1. The van der Waals surface area contributed by atoms with E-state index in [-0.39, 0.29) is 35.8 Å². The molecule has 2 heterocycles. The first-order valence-corrected chi connectivity index (χ1v) is 10.1. The molecule has 0 bridgehead atoms. The molecule has 1 atom stereocenters. The summed E-state index contributed by atoms with van der Waals surface area (Å²) < 4.78 is 11.7. The van der Waals surface area contributed by atoms with Crippen LogP contribution in [-0.2, 0) is 14.3 Å². The summed E-state index contributed by atoms with van der Waals surface area (Å²) in [6.07, 6.45) is 4.94. The molecule has 0 saturated carbocycles. The number of aliphatic imine (C=N–C) groups is 1. The molecule has 0 aliphatic carbocycles. The van der Waals surface area contributed by atoms with Crippen LogP contribution in [-0.4, -0.2) is 74.9 Å². The average Bonchev–Trinajstić information content (AvgIpc) is 3.16. The summed E-state index contributed by atoms with van der Waals surface area (Å²) in [6.45, 7) is 11.4. The molecule has 2 rings (SSSR count). The standard InChI is InChI=1S/C19H36N4O3.HI/c1-4-20-19(22-10-9-21-18(24)15(2)3)23-11-7-16(8-12-23)26-14-17-6-5-13-25-17;/h15-17H,4-14H2,1-3H3,(H,20,22)(H,21,24);1H. The van der Waals surface area contributed by atoms with E-state index in [1.165, 1.54) is 0 Å². The number of ether oxygens (including phenoxy) is 2. The number of carbonyl (C=O) groups excluding carboxylic acids is 1. The van der Waals surface area contributed by atoms with Gasteiger partial charge in [0.1, 0.15) is 0 Å². The Labute approximate surface area is 181 Å². The number of hydrogen-bond acceptors (Lipinski definition) is 4. The SMILES string of the molecule is CCNC(=NCCNC(=O)C(C)C)N1CCC(OCC2CCCO2)CC1.I. The Morgan fingerprint density at radius 1 is 1.26 bits per heavy atom. The quantitative estimate of drug-likeness (QED) is 0.233. The maximum absolute atomic E-state index is 11.6. The Balaban J connectivity index is 0.00000364. The van der Waals surface area contributed by atoms with E-state index in [1.807, 2.05) is 13.8 Å². The molecule has 8 heteroatoms. The third-order valence-electron chi connectivity index (χ3n) is 4.82. The average molecular weight is 496 g/mol. The van der Waals surface area contributed by atoms with Crippen molar-refractivity contribution < 1.29 is 14.3 Å². The molecule has 158 valence electrons. The Morgan fingerprint density at radius 2 is 2.00 bits per heavy atom. The topological polar surface area (TPSA) is 75.2 Å². The molecule has 7 nitrogen and oxygen atoms in total.